The molecule has 1 aromatic heterocycles. The van der Waals surface area contributed by atoms with E-state index in [-0.39, 0.29) is 0 Å². The summed E-state index contributed by atoms with van der Waals surface area (Å²) in [7, 11) is -1.08. The van der Waals surface area contributed by atoms with Crippen LogP contribution in [0.15, 0.2) is 41.8 Å². The molecule has 2 rings (SSSR count). The van der Waals surface area contributed by atoms with Gasteiger partial charge < -0.3 is 4.57 Å². The lowest BCUT2D eigenvalue weighted by atomic mass is 10.1. The molecule has 1 unspecified atom stereocenters. The maximum absolute atomic E-state index is 11.3. The van der Waals surface area contributed by atoms with Gasteiger partial charge in [-0.1, -0.05) is 30.3 Å². The van der Waals surface area contributed by atoms with Crippen molar-refractivity contribution in [3.8, 4) is 0 Å². The normalized spacial score (nSPS) is 12.6. The zero-order valence-corrected chi connectivity index (χ0v) is 9.85. The van der Waals surface area contributed by atoms with E-state index in [9.17, 15) is 4.21 Å². The molecule has 5 heteroatoms. The Kier molecular flexibility index (Phi) is 3.46. The first-order valence-electron chi connectivity index (χ1n) is 5.02. The minimum absolute atomic E-state index is 0.538. The molecule has 84 valence electrons. The molecule has 0 N–H and O–H groups in total. The molecule has 0 aliphatic carbocycles. The molecule has 0 spiro atoms. The smallest absolute Gasteiger partial charge is 0.221 e. The Morgan fingerprint density at radius 3 is 2.75 bits per heavy atom. The highest BCUT2D eigenvalue weighted by atomic mass is 32.2. The Morgan fingerprint density at radius 2 is 2.06 bits per heavy atom. The van der Waals surface area contributed by atoms with Crippen LogP contribution in [-0.2, 0) is 23.8 Å². The van der Waals surface area contributed by atoms with Crippen LogP contribution in [0.2, 0.25) is 0 Å². The van der Waals surface area contributed by atoms with Crippen molar-refractivity contribution in [2.45, 2.75) is 18.1 Å². The van der Waals surface area contributed by atoms with Crippen molar-refractivity contribution in [3.05, 3.63) is 42.2 Å². The molecule has 0 fully saturated rings. The molecule has 4 nitrogen and oxygen atoms in total. The van der Waals surface area contributed by atoms with Gasteiger partial charge in [-0.2, -0.15) is 0 Å². The summed E-state index contributed by atoms with van der Waals surface area (Å²) in [6.07, 6.45) is 4.13. The maximum Gasteiger partial charge on any atom is 0.221 e. The zero-order valence-electron chi connectivity index (χ0n) is 9.04. The summed E-state index contributed by atoms with van der Waals surface area (Å²) in [6.45, 7) is 0.756. The van der Waals surface area contributed by atoms with Crippen molar-refractivity contribution in [1.82, 2.24) is 14.8 Å². The first kappa shape index (κ1) is 11.0. The van der Waals surface area contributed by atoms with E-state index in [1.807, 2.05) is 22.8 Å². The standard InChI is InChI=1S/C11H13N3OS/c1-16(15)11-13-12-9-14(11)8-7-10-5-3-2-4-6-10/h2-6,9H,7-8H2,1H3. The Balaban J connectivity index is 2.05. The molecule has 0 aliphatic rings. The molecule has 0 aliphatic heterocycles. The van der Waals surface area contributed by atoms with E-state index in [2.05, 4.69) is 22.3 Å². The predicted octanol–water partition coefficient (Wildman–Crippen LogP) is 1.26. The molecular formula is C11H13N3OS. The van der Waals surface area contributed by atoms with Crippen LogP contribution in [0, 0.1) is 0 Å². The third kappa shape index (κ3) is 2.55. The fourth-order valence-corrected chi connectivity index (χ4v) is 2.15. The number of aryl methyl sites for hydroxylation is 2. The van der Waals surface area contributed by atoms with E-state index in [0.717, 1.165) is 13.0 Å². The van der Waals surface area contributed by atoms with Crippen LogP contribution in [0.25, 0.3) is 0 Å². The van der Waals surface area contributed by atoms with Gasteiger partial charge in [0.1, 0.15) is 6.33 Å². The van der Waals surface area contributed by atoms with Gasteiger partial charge in [0.15, 0.2) is 0 Å². The lowest BCUT2D eigenvalue weighted by molar-refractivity contribution is 0.614. The first-order valence-corrected chi connectivity index (χ1v) is 6.58. The molecule has 2 aromatic rings. The lowest BCUT2D eigenvalue weighted by Gasteiger charge is -2.04. The summed E-state index contributed by atoms with van der Waals surface area (Å²) in [5.41, 5.74) is 1.25. The van der Waals surface area contributed by atoms with E-state index in [1.165, 1.54) is 5.56 Å². The second-order valence-corrected chi connectivity index (χ2v) is 4.77. The summed E-state index contributed by atoms with van der Waals surface area (Å²) in [4.78, 5) is 0. The lowest BCUT2D eigenvalue weighted by Crippen LogP contribution is -2.06. The van der Waals surface area contributed by atoms with E-state index < -0.39 is 10.8 Å². The van der Waals surface area contributed by atoms with E-state index in [4.69, 9.17) is 0 Å². The summed E-state index contributed by atoms with van der Waals surface area (Å²) < 4.78 is 13.2. The number of nitrogens with zero attached hydrogens (tertiary/aromatic N) is 3. The Hall–Kier alpha value is -1.49. The first-order chi connectivity index (χ1) is 7.77. The van der Waals surface area contributed by atoms with Crippen molar-refractivity contribution in [3.63, 3.8) is 0 Å². The van der Waals surface area contributed by atoms with Gasteiger partial charge in [-0.25, -0.2) is 0 Å². The highest BCUT2D eigenvalue weighted by Gasteiger charge is 2.07. The number of rotatable bonds is 4. The molecule has 1 heterocycles. The summed E-state index contributed by atoms with van der Waals surface area (Å²) in [6, 6.07) is 10.2. The molecule has 0 saturated carbocycles. The van der Waals surface area contributed by atoms with Crippen molar-refractivity contribution < 1.29 is 4.21 Å². The molecular weight excluding hydrogens is 222 g/mol. The van der Waals surface area contributed by atoms with Gasteiger partial charge in [0.2, 0.25) is 5.16 Å². The van der Waals surface area contributed by atoms with Gasteiger partial charge in [-0.05, 0) is 12.0 Å². The van der Waals surface area contributed by atoms with Crippen LogP contribution < -0.4 is 0 Å². The summed E-state index contributed by atoms with van der Waals surface area (Å²) >= 11 is 0. The highest BCUT2D eigenvalue weighted by molar-refractivity contribution is 7.84. The Labute approximate surface area is 96.8 Å². The van der Waals surface area contributed by atoms with Crippen LogP contribution in [0.3, 0.4) is 0 Å². The van der Waals surface area contributed by atoms with Crippen LogP contribution >= 0.6 is 0 Å². The molecule has 0 radical (unpaired) electrons. The van der Waals surface area contributed by atoms with Gasteiger partial charge in [-0.3, -0.25) is 4.21 Å². The average molecular weight is 235 g/mol. The Morgan fingerprint density at radius 1 is 1.31 bits per heavy atom. The zero-order chi connectivity index (χ0) is 11.4. The van der Waals surface area contributed by atoms with Crippen LogP contribution in [-0.4, -0.2) is 25.2 Å². The fourth-order valence-electron chi connectivity index (χ4n) is 1.51. The van der Waals surface area contributed by atoms with Crippen LogP contribution in [0.4, 0.5) is 0 Å². The number of hydrogen-bond acceptors (Lipinski definition) is 3. The van der Waals surface area contributed by atoms with Crippen molar-refractivity contribution in [1.29, 1.82) is 0 Å². The predicted molar refractivity (Wildman–Crippen MR) is 62.5 cm³/mol. The minimum atomic E-state index is -1.08. The van der Waals surface area contributed by atoms with Crippen LogP contribution in [0.5, 0.6) is 0 Å². The molecule has 0 saturated heterocycles. The molecule has 1 atom stereocenters. The van der Waals surface area contributed by atoms with Gasteiger partial charge >= 0.3 is 0 Å². The summed E-state index contributed by atoms with van der Waals surface area (Å²) in [5.74, 6) is 0. The molecule has 0 bridgehead atoms. The second-order valence-electron chi connectivity index (χ2n) is 3.50. The minimum Gasteiger partial charge on any atom is -0.306 e. The second kappa shape index (κ2) is 5.03. The van der Waals surface area contributed by atoms with Gasteiger partial charge in [0, 0.05) is 12.8 Å². The average Bonchev–Trinajstić information content (AvgIpc) is 2.76. The van der Waals surface area contributed by atoms with E-state index in [1.54, 1.807) is 12.6 Å². The van der Waals surface area contributed by atoms with Crippen LogP contribution in [0.1, 0.15) is 5.56 Å². The van der Waals surface area contributed by atoms with Gasteiger partial charge in [0.25, 0.3) is 0 Å². The number of aromatic nitrogens is 3. The largest absolute Gasteiger partial charge is 0.306 e. The highest BCUT2D eigenvalue weighted by Crippen LogP contribution is 2.05. The number of hydrogen-bond donors (Lipinski definition) is 0. The molecule has 0 amide bonds. The third-order valence-corrected chi connectivity index (χ3v) is 3.15. The Bertz CT molecular complexity index is 481. The molecule has 16 heavy (non-hydrogen) atoms. The topological polar surface area (TPSA) is 47.8 Å². The molecule has 1 aromatic carbocycles. The van der Waals surface area contributed by atoms with Crippen molar-refractivity contribution in [2.75, 3.05) is 6.26 Å². The summed E-state index contributed by atoms with van der Waals surface area (Å²) in [5, 5.41) is 8.15. The quantitative estimate of drug-likeness (QED) is 0.801. The number of benzene rings is 1. The van der Waals surface area contributed by atoms with Crippen molar-refractivity contribution in [2.24, 2.45) is 0 Å². The fraction of sp³-hybridized carbons (Fsp3) is 0.273. The van der Waals surface area contributed by atoms with Crippen molar-refractivity contribution >= 4 is 10.8 Å². The van der Waals surface area contributed by atoms with Gasteiger partial charge in [0.05, 0.1) is 10.8 Å². The third-order valence-electron chi connectivity index (χ3n) is 2.32. The van der Waals surface area contributed by atoms with E-state index in [0.29, 0.717) is 5.16 Å². The van der Waals surface area contributed by atoms with Gasteiger partial charge in [-0.15, -0.1) is 10.2 Å². The monoisotopic (exact) mass is 235 g/mol. The van der Waals surface area contributed by atoms with E-state index >= 15 is 0 Å². The SMILES string of the molecule is CS(=O)c1nncn1CCc1ccccc1. The maximum atomic E-state index is 11.3.